The minimum absolute atomic E-state index is 0.253. The number of hydrogen-bond donors (Lipinski definition) is 4. The summed E-state index contributed by atoms with van der Waals surface area (Å²) in [4.78, 5) is 16.3. The molecule has 0 saturated heterocycles. The Bertz CT molecular complexity index is 1900. The van der Waals surface area contributed by atoms with Crippen LogP contribution in [-0.4, -0.2) is 63.6 Å². The van der Waals surface area contributed by atoms with Crippen LogP contribution in [0, 0.1) is 5.92 Å². The molecular formula is C41H54N8O2S. The van der Waals surface area contributed by atoms with E-state index in [2.05, 4.69) is 105 Å². The predicted molar refractivity (Wildman–Crippen MR) is 216 cm³/mol. The number of anilines is 4. The van der Waals surface area contributed by atoms with E-state index in [1.54, 1.807) is 12.1 Å². The number of nitrogens with one attached hydrogen (secondary N) is 4. The molecule has 0 aliphatic rings. The summed E-state index contributed by atoms with van der Waals surface area (Å²) < 4.78 is 29.3. The fourth-order valence-corrected chi connectivity index (χ4v) is 7.58. The number of benzene rings is 4. The van der Waals surface area contributed by atoms with Crippen molar-refractivity contribution in [3.05, 3.63) is 108 Å². The highest BCUT2D eigenvalue weighted by molar-refractivity contribution is 7.89. The van der Waals surface area contributed by atoms with Gasteiger partial charge in [-0.1, -0.05) is 112 Å². The largest absolute Gasteiger partial charge is 0.377 e. The Kier molecular flexibility index (Phi) is 14.2. The molecule has 0 spiro atoms. The summed E-state index contributed by atoms with van der Waals surface area (Å²) in [6, 6.07) is 32.4. The van der Waals surface area contributed by atoms with Gasteiger partial charge in [-0.3, -0.25) is 0 Å². The molecule has 276 valence electrons. The van der Waals surface area contributed by atoms with Crippen LogP contribution in [0.3, 0.4) is 0 Å². The Morgan fingerprint density at radius 3 is 1.67 bits per heavy atom. The van der Waals surface area contributed by atoms with Crippen molar-refractivity contribution < 1.29 is 8.42 Å². The zero-order valence-corrected chi connectivity index (χ0v) is 31.8. The van der Waals surface area contributed by atoms with E-state index in [0.717, 1.165) is 61.5 Å². The van der Waals surface area contributed by atoms with Crippen molar-refractivity contribution in [1.82, 2.24) is 19.7 Å². The quantitative estimate of drug-likeness (QED) is 0.0556. The third-order valence-corrected chi connectivity index (χ3v) is 10.6. The molecule has 5 aromatic rings. The number of sulfonamides is 1. The van der Waals surface area contributed by atoms with Crippen LogP contribution in [0.15, 0.2) is 102 Å². The van der Waals surface area contributed by atoms with Gasteiger partial charge in [0.25, 0.3) is 0 Å². The normalized spacial score (nSPS) is 11.7. The average molecular weight is 723 g/mol. The van der Waals surface area contributed by atoms with Gasteiger partial charge in [-0.25, -0.2) is 13.1 Å². The van der Waals surface area contributed by atoms with Crippen molar-refractivity contribution >= 4 is 44.3 Å². The molecule has 0 amide bonds. The summed E-state index contributed by atoms with van der Waals surface area (Å²) >= 11 is 0. The minimum atomic E-state index is -3.64. The first-order valence-corrected chi connectivity index (χ1v) is 20.0. The summed E-state index contributed by atoms with van der Waals surface area (Å²) in [5, 5.41) is 11.9. The maximum Gasteiger partial charge on any atom is 0.241 e. The molecule has 0 fully saturated rings. The Morgan fingerprint density at radius 2 is 1.10 bits per heavy atom. The van der Waals surface area contributed by atoms with Gasteiger partial charge in [0.15, 0.2) is 0 Å². The van der Waals surface area contributed by atoms with E-state index in [0.29, 0.717) is 48.3 Å². The maximum atomic E-state index is 13.2. The maximum absolute atomic E-state index is 13.2. The van der Waals surface area contributed by atoms with E-state index >= 15 is 0 Å². The van der Waals surface area contributed by atoms with Crippen LogP contribution < -0.4 is 25.6 Å². The van der Waals surface area contributed by atoms with E-state index in [1.807, 2.05) is 43.3 Å². The Hall–Kier alpha value is -4.74. The summed E-state index contributed by atoms with van der Waals surface area (Å²) in [5.74, 6) is 2.46. The summed E-state index contributed by atoms with van der Waals surface area (Å²) in [6.45, 7) is 6.98. The molecule has 1 aromatic heterocycles. The molecule has 52 heavy (non-hydrogen) atoms. The molecule has 0 saturated carbocycles. The van der Waals surface area contributed by atoms with Crippen LogP contribution in [0.1, 0.15) is 69.4 Å². The summed E-state index contributed by atoms with van der Waals surface area (Å²) in [5.41, 5.74) is 3.55. The first kappa shape index (κ1) is 38.5. The van der Waals surface area contributed by atoms with Crippen molar-refractivity contribution in [3.63, 3.8) is 0 Å². The highest BCUT2D eigenvalue weighted by Gasteiger charge is 2.18. The Labute approximate surface area is 310 Å². The van der Waals surface area contributed by atoms with Gasteiger partial charge in [0.2, 0.25) is 27.9 Å². The molecule has 1 heterocycles. The van der Waals surface area contributed by atoms with Gasteiger partial charge in [-0.05, 0) is 54.9 Å². The standard InChI is InChI=1S/C41H54N8O2S/c1-31(2)25-29-43-40-46-39(47-41(48-40)44-30-26-34(32-17-9-7-10-18-32)33-19-11-8-12-20-33)42-27-13-5-6-14-28-45-52(50,51)38-24-16-21-35-36(38)22-15-23-37(35)49(3)4/h7-12,15-24,31,34,45H,5-6,13-14,25-30H2,1-4H3,(H3,42,43,44,46,47,48). The fraction of sp³-hybridized carbons (Fsp3) is 0.390. The van der Waals surface area contributed by atoms with E-state index in [4.69, 9.17) is 4.98 Å². The van der Waals surface area contributed by atoms with Crippen LogP contribution in [0.4, 0.5) is 23.5 Å². The van der Waals surface area contributed by atoms with Gasteiger partial charge < -0.3 is 20.9 Å². The van der Waals surface area contributed by atoms with Crippen molar-refractivity contribution in [2.45, 2.75) is 63.2 Å². The third kappa shape index (κ3) is 11.1. The minimum Gasteiger partial charge on any atom is -0.377 e. The number of unbranched alkanes of at least 4 members (excludes halogenated alkanes) is 3. The third-order valence-electron chi connectivity index (χ3n) is 9.07. The molecule has 4 aromatic carbocycles. The zero-order chi connectivity index (χ0) is 36.8. The second kappa shape index (κ2) is 19.2. The van der Waals surface area contributed by atoms with Gasteiger partial charge in [0, 0.05) is 62.7 Å². The van der Waals surface area contributed by atoms with Crippen LogP contribution in [0.2, 0.25) is 0 Å². The first-order valence-electron chi connectivity index (χ1n) is 18.5. The van der Waals surface area contributed by atoms with Crippen LogP contribution in [-0.2, 0) is 10.0 Å². The van der Waals surface area contributed by atoms with Crippen LogP contribution >= 0.6 is 0 Å². The van der Waals surface area contributed by atoms with Crippen molar-refractivity contribution in [2.24, 2.45) is 5.92 Å². The smallest absolute Gasteiger partial charge is 0.241 e. The summed E-state index contributed by atoms with van der Waals surface area (Å²) in [7, 11) is 0.282. The van der Waals surface area contributed by atoms with Gasteiger partial charge in [-0.15, -0.1) is 0 Å². The molecule has 4 N–H and O–H groups in total. The molecule has 5 rings (SSSR count). The SMILES string of the molecule is CC(C)CCNc1nc(NCCCCCCNS(=O)(=O)c2cccc3c(N(C)C)cccc23)nc(NCCC(c2ccccc2)c2ccccc2)n1. The fourth-order valence-electron chi connectivity index (χ4n) is 6.29. The van der Waals surface area contributed by atoms with E-state index < -0.39 is 10.0 Å². The molecule has 11 heteroatoms. The van der Waals surface area contributed by atoms with E-state index in [9.17, 15) is 8.42 Å². The molecule has 0 atom stereocenters. The van der Waals surface area contributed by atoms with E-state index in [-0.39, 0.29) is 5.92 Å². The second-order valence-electron chi connectivity index (χ2n) is 13.8. The van der Waals surface area contributed by atoms with E-state index in [1.165, 1.54) is 11.1 Å². The molecule has 0 unspecified atom stereocenters. The lowest BCUT2D eigenvalue weighted by atomic mass is 9.88. The summed E-state index contributed by atoms with van der Waals surface area (Å²) in [6.07, 6.45) is 5.41. The second-order valence-corrected chi connectivity index (χ2v) is 15.5. The molecule has 0 aliphatic heterocycles. The zero-order valence-electron chi connectivity index (χ0n) is 31.0. The Morgan fingerprint density at radius 1 is 0.577 bits per heavy atom. The number of rotatable bonds is 21. The van der Waals surface area contributed by atoms with Crippen molar-refractivity contribution in [3.8, 4) is 0 Å². The predicted octanol–water partition coefficient (Wildman–Crippen LogP) is 8.13. The first-order chi connectivity index (χ1) is 25.2. The van der Waals surface area contributed by atoms with Crippen LogP contribution in [0.5, 0.6) is 0 Å². The van der Waals surface area contributed by atoms with Gasteiger partial charge in [0.1, 0.15) is 0 Å². The number of fused-ring (bicyclic) bond motifs is 1. The number of hydrogen-bond acceptors (Lipinski definition) is 9. The number of aromatic nitrogens is 3. The van der Waals surface area contributed by atoms with Gasteiger partial charge in [0.05, 0.1) is 4.90 Å². The number of nitrogens with zero attached hydrogens (tertiary/aromatic N) is 4. The monoisotopic (exact) mass is 722 g/mol. The molecule has 0 aliphatic carbocycles. The van der Waals surface area contributed by atoms with Crippen molar-refractivity contribution in [1.29, 1.82) is 0 Å². The van der Waals surface area contributed by atoms with Gasteiger partial charge in [-0.2, -0.15) is 15.0 Å². The lowest BCUT2D eigenvalue weighted by Gasteiger charge is -2.19. The highest BCUT2D eigenvalue weighted by Crippen LogP contribution is 2.30. The topological polar surface area (TPSA) is 124 Å². The molecule has 0 radical (unpaired) electrons. The Balaban J connectivity index is 1.11. The van der Waals surface area contributed by atoms with Gasteiger partial charge >= 0.3 is 0 Å². The van der Waals surface area contributed by atoms with Crippen LogP contribution in [0.25, 0.3) is 10.8 Å². The highest BCUT2D eigenvalue weighted by atomic mass is 32.2. The average Bonchev–Trinajstić information content (AvgIpc) is 3.14. The molecule has 10 nitrogen and oxygen atoms in total. The molecule has 0 bridgehead atoms. The molecular weight excluding hydrogens is 669 g/mol. The van der Waals surface area contributed by atoms with Crippen molar-refractivity contribution in [2.75, 3.05) is 61.1 Å². The lowest BCUT2D eigenvalue weighted by molar-refractivity contribution is 0.573. The lowest BCUT2D eigenvalue weighted by Crippen LogP contribution is -2.25.